The van der Waals surface area contributed by atoms with Crippen molar-refractivity contribution in [1.29, 1.82) is 0 Å². The zero-order chi connectivity index (χ0) is 22.0. The Kier molecular flexibility index (Phi) is 5.73. The molecular weight excluding hydrogens is 396 g/mol. The molecule has 0 bridgehead atoms. The van der Waals surface area contributed by atoms with Crippen LogP contribution >= 0.6 is 0 Å². The molecule has 31 heavy (non-hydrogen) atoms. The van der Waals surface area contributed by atoms with Crippen LogP contribution in [0.15, 0.2) is 47.0 Å². The van der Waals surface area contributed by atoms with E-state index in [0.29, 0.717) is 30.2 Å². The van der Waals surface area contributed by atoms with E-state index < -0.39 is 5.92 Å². The Bertz CT molecular complexity index is 1170. The van der Waals surface area contributed by atoms with Crippen molar-refractivity contribution in [2.24, 2.45) is 5.92 Å². The highest BCUT2D eigenvalue weighted by Crippen LogP contribution is 2.26. The number of nitrogens with one attached hydrogen (secondary N) is 2. The number of carbonyl (C=O) groups excluding carboxylic acids is 2. The number of pyridine rings is 1. The molecular formula is C23H24N4O4. The van der Waals surface area contributed by atoms with E-state index in [2.05, 4.69) is 15.6 Å². The summed E-state index contributed by atoms with van der Waals surface area (Å²) in [5.41, 5.74) is 3.20. The third-order valence-electron chi connectivity index (χ3n) is 5.40. The number of aliphatic hydroxyl groups excluding tert-OH is 1. The molecule has 0 spiro atoms. The van der Waals surface area contributed by atoms with Gasteiger partial charge in [-0.15, -0.1) is 0 Å². The maximum Gasteiger partial charge on any atom is 0.246 e. The third-order valence-corrected chi connectivity index (χ3v) is 5.40. The molecule has 0 saturated carbocycles. The van der Waals surface area contributed by atoms with Crippen molar-refractivity contribution in [2.45, 2.75) is 13.5 Å². The second kappa shape index (κ2) is 8.61. The van der Waals surface area contributed by atoms with Crippen molar-refractivity contribution in [3.8, 4) is 0 Å². The predicted molar refractivity (Wildman–Crippen MR) is 118 cm³/mol. The van der Waals surface area contributed by atoms with E-state index >= 15 is 0 Å². The smallest absolute Gasteiger partial charge is 0.246 e. The molecule has 3 N–H and O–H groups in total. The molecule has 1 aliphatic rings. The number of aromatic nitrogens is 1. The lowest BCUT2D eigenvalue weighted by molar-refractivity contribution is -0.125. The summed E-state index contributed by atoms with van der Waals surface area (Å²) in [7, 11) is 1.72. The first-order valence-corrected chi connectivity index (χ1v) is 10.0. The summed E-state index contributed by atoms with van der Waals surface area (Å²) in [6, 6.07) is 9.61. The molecule has 3 aromatic rings. The number of para-hydroxylation sites is 1. The van der Waals surface area contributed by atoms with Crippen LogP contribution in [0, 0.1) is 12.8 Å². The molecule has 0 fully saturated rings. The number of anilines is 2. The highest BCUT2D eigenvalue weighted by atomic mass is 16.3. The van der Waals surface area contributed by atoms with E-state index in [-0.39, 0.29) is 18.4 Å². The van der Waals surface area contributed by atoms with Crippen molar-refractivity contribution < 1.29 is 19.1 Å². The number of rotatable bonds is 5. The largest absolute Gasteiger partial charge is 0.459 e. The van der Waals surface area contributed by atoms with Gasteiger partial charge in [0.05, 0.1) is 24.8 Å². The quantitative estimate of drug-likeness (QED) is 0.548. The van der Waals surface area contributed by atoms with Crippen LogP contribution in [0.1, 0.15) is 16.9 Å². The first kappa shape index (κ1) is 20.6. The molecule has 8 heteroatoms. The van der Waals surface area contributed by atoms with E-state index in [1.54, 1.807) is 30.3 Å². The molecule has 0 radical (unpaired) electrons. The number of furan rings is 1. The second-order valence-corrected chi connectivity index (χ2v) is 7.59. The highest BCUT2D eigenvalue weighted by molar-refractivity contribution is 5.97. The van der Waals surface area contributed by atoms with Crippen molar-refractivity contribution in [3.63, 3.8) is 0 Å². The second-order valence-electron chi connectivity index (χ2n) is 7.59. The van der Waals surface area contributed by atoms with Gasteiger partial charge in [-0.3, -0.25) is 9.59 Å². The Balaban J connectivity index is 1.44. The van der Waals surface area contributed by atoms with Crippen LogP contribution in [-0.2, 0) is 16.1 Å². The molecule has 4 rings (SSSR count). The van der Waals surface area contributed by atoms with Gasteiger partial charge in [-0.25, -0.2) is 4.98 Å². The summed E-state index contributed by atoms with van der Waals surface area (Å²) < 4.78 is 5.89. The molecule has 0 aliphatic carbocycles. The van der Waals surface area contributed by atoms with Crippen LogP contribution < -0.4 is 10.6 Å². The molecule has 160 valence electrons. The zero-order valence-electron chi connectivity index (χ0n) is 17.4. The van der Waals surface area contributed by atoms with Gasteiger partial charge in [0.1, 0.15) is 11.3 Å². The van der Waals surface area contributed by atoms with Crippen LogP contribution in [0.5, 0.6) is 0 Å². The average molecular weight is 420 g/mol. The summed E-state index contributed by atoms with van der Waals surface area (Å²) in [5, 5.41) is 16.2. The van der Waals surface area contributed by atoms with Gasteiger partial charge in [-0.1, -0.05) is 18.2 Å². The topological polar surface area (TPSA) is 108 Å². The minimum atomic E-state index is -0.537. The van der Waals surface area contributed by atoms with Crippen molar-refractivity contribution in [2.75, 3.05) is 30.8 Å². The van der Waals surface area contributed by atoms with Gasteiger partial charge in [0.15, 0.2) is 5.82 Å². The van der Waals surface area contributed by atoms with Crippen LogP contribution in [0.25, 0.3) is 17.0 Å². The van der Waals surface area contributed by atoms with Crippen molar-refractivity contribution in [3.05, 3.63) is 59.5 Å². The van der Waals surface area contributed by atoms with Gasteiger partial charge >= 0.3 is 0 Å². The maximum absolute atomic E-state index is 12.6. The van der Waals surface area contributed by atoms with Gasteiger partial charge in [0, 0.05) is 36.8 Å². The summed E-state index contributed by atoms with van der Waals surface area (Å²) in [4.78, 5) is 30.4. The molecule has 3 heterocycles. The fourth-order valence-corrected chi connectivity index (χ4v) is 3.46. The fourth-order valence-electron chi connectivity index (χ4n) is 3.46. The number of likely N-dealkylation sites (N-methyl/N-ethyl adjacent to an activating group) is 1. The van der Waals surface area contributed by atoms with Gasteiger partial charge in [-0.2, -0.15) is 0 Å². The molecule has 0 saturated heterocycles. The molecule has 1 aliphatic heterocycles. The Morgan fingerprint density at radius 3 is 2.97 bits per heavy atom. The normalized spacial score (nSPS) is 16.0. The lowest BCUT2D eigenvalue weighted by atomic mass is 10.1. The molecule has 1 aromatic carbocycles. The molecule has 2 aromatic heterocycles. The van der Waals surface area contributed by atoms with E-state index in [1.807, 2.05) is 31.2 Å². The van der Waals surface area contributed by atoms with E-state index in [1.165, 1.54) is 6.08 Å². The standard InChI is InChI=1S/C23H24N4O4/c1-14-17-5-3-4-6-19(17)31-20(14)12-27(2)21(29)8-7-15-9-18-22(25-10-15)26-23(30)16(13-28)11-24-18/h3-10,16,24,28H,11-13H2,1-2H3,(H,25,26,30)/b8-7+. The first-order valence-electron chi connectivity index (χ1n) is 10.0. The molecule has 1 atom stereocenters. The number of amides is 2. The van der Waals surface area contributed by atoms with Crippen molar-refractivity contribution >= 4 is 40.4 Å². The number of hydrogen-bond donors (Lipinski definition) is 3. The minimum Gasteiger partial charge on any atom is -0.459 e. The Morgan fingerprint density at radius 2 is 2.19 bits per heavy atom. The SMILES string of the molecule is Cc1c(CN(C)C(=O)/C=C/c2cnc3c(c2)NCC(CO)C(=O)N3)oc2ccccc12. The van der Waals surface area contributed by atoms with Crippen LogP contribution in [-0.4, -0.2) is 47.0 Å². The first-order chi connectivity index (χ1) is 15.0. The van der Waals surface area contributed by atoms with Crippen LogP contribution in [0.3, 0.4) is 0 Å². The summed E-state index contributed by atoms with van der Waals surface area (Å²) in [6.07, 6.45) is 4.73. The van der Waals surface area contributed by atoms with Crippen LogP contribution in [0.2, 0.25) is 0 Å². The number of nitrogens with zero attached hydrogens (tertiary/aromatic N) is 2. The summed E-state index contributed by atoms with van der Waals surface area (Å²) in [5.74, 6) is 0.182. The zero-order valence-corrected chi connectivity index (χ0v) is 17.4. The third kappa shape index (κ3) is 4.29. The van der Waals surface area contributed by atoms with E-state index in [9.17, 15) is 14.7 Å². The number of aryl methyl sites for hydroxylation is 1. The monoisotopic (exact) mass is 420 g/mol. The summed E-state index contributed by atoms with van der Waals surface area (Å²) >= 11 is 0. The number of carbonyl (C=O) groups is 2. The minimum absolute atomic E-state index is 0.170. The Hall–Kier alpha value is -3.65. The number of fused-ring (bicyclic) bond motifs is 2. The maximum atomic E-state index is 12.6. The molecule has 2 amide bonds. The van der Waals surface area contributed by atoms with Gasteiger partial charge < -0.3 is 25.1 Å². The summed E-state index contributed by atoms with van der Waals surface area (Å²) in [6.45, 7) is 2.42. The Labute approximate surface area is 179 Å². The number of benzene rings is 1. The number of aliphatic hydroxyl groups is 1. The lowest BCUT2D eigenvalue weighted by Crippen LogP contribution is -2.28. The molecule has 1 unspecified atom stereocenters. The fraction of sp³-hybridized carbons (Fsp3) is 0.261. The van der Waals surface area contributed by atoms with E-state index in [4.69, 9.17) is 4.42 Å². The lowest BCUT2D eigenvalue weighted by Gasteiger charge is -2.14. The highest BCUT2D eigenvalue weighted by Gasteiger charge is 2.23. The van der Waals surface area contributed by atoms with Gasteiger partial charge in [0.2, 0.25) is 11.8 Å². The average Bonchev–Trinajstić information content (AvgIpc) is 2.98. The van der Waals surface area contributed by atoms with E-state index in [0.717, 1.165) is 22.3 Å². The number of hydrogen-bond acceptors (Lipinski definition) is 6. The van der Waals surface area contributed by atoms with Crippen LogP contribution in [0.4, 0.5) is 11.5 Å². The predicted octanol–water partition coefficient (Wildman–Crippen LogP) is 2.78. The van der Waals surface area contributed by atoms with Gasteiger partial charge in [0.25, 0.3) is 0 Å². The molecule has 8 nitrogen and oxygen atoms in total. The van der Waals surface area contributed by atoms with Crippen molar-refractivity contribution in [1.82, 2.24) is 9.88 Å². The Morgan fingerprint density at radius 1 is 1.39 bits per heavy atom. The van der Waals surface area contributed by atoms with Gasteiger partial charge in [-0.05, 0) is 30.7 Å².